The second-order valence-corrected chi connectivity index (χ2v) is 5.81. The first kappa shape index (κ1) is 12.3. The van der Waals surface area contributed by atoms with E-state index in [1.54, 1.807) is 0 Å². The number of aromatic nitrogens is 1. The van der Waals surface area contributed by atoms with Crippen LogP contribution >= 0.6 is 0 Å². The van der Waals surface area contributed by atoms with Crippen molar-refractivity contribution in [2.45, 2.75) is 39.7 Å². The third-order valence-corrected chi connectivity index (χ3v) is 4.07. The summed E-state index contributed by atoms with van der Waals surface area (Å²) in [5, 5.41) is 0. The van der Waals surface area contributed by atoms with Crippen molar-refractivity contribution < 1.29 is 0 Å². The van der Waals surface area contributed by atoms with E-state index in [4.69, 9.17) is 0 Å². The molecule has 0 bridgehead atoms. The highest BCUT2D eigenvalue weighted by Crippen LogP contribution is 2.41. The second kappa shape index (κ2) is 4.76. The van der Waals surface area contributed by atoms with Crippen LogP contribution in [0.1, 0.15) is 41.4 Å². The molecule has 19 heavy (non-hydrogen) atoms. The predicted molar refractivity (Wildman–Crippen MR) is 79.9 cm³/mol. The van der Waals surface area contributed by atoms with Gasteiger partial charge >= 0.3 is 0 Å². The maximum atomic E-state index is 3.71. The van der Waals surface area contributed by atoms with E-state index in [9.17, 15) is 0 Å². The van der Waals surface area contributed by atoms with Crippen LogP contribution in [0.4, 0.5) is 0 Å². The maximum Gasteiger partial charge on any atom is 0.0701 e. The number of nitrogens with zero attached hydrogens (tertiary/aromatic N) is 1. The molecule has 100 valence electrons. The minimum Gasteiger partial charge on any atom is -0.318 e. The first-order valence-corrected chi connectivity index (χ1v) is 7.13. The molecule has 2 aromatic rings. The van der Waals surface area contributed by atoms with E-state index in [-0.39, 0.29) is 0 Å². The number of aryl methyl sites for hydroxylation is 3. The Morgan fingerprint density at radius 2 is 1.53 bits per heavy atom. The fraction of sp³-hybridized carbons (Fsp3) is 0.412. The Balaban J connectivity index is 1.88. The molecule has 1 saturated carbocycles. The third-order valence-electron chi connectivity index (χ3n) is 4.07. The summed E-state index contributed by atoms with van der Waals surface area (Å²) in [6.45, 7) is 6.45. The highest BCUT2D eigenvalue weighted by Gasteiger charge is 2.32. The molecule has 0 radical (unpaired) electrons. The number of benzene rings is 1. The zero-order chi connectivity index (χ0) is 13.4. The summed E-state index contributed by atoms with van der Waals surface area (Å²) in [4.78, 5) is 0. The first-order valence-electron chi connectivity index (χ1n) is 7.13. The number of hydrogen-bond donors (Lipinski definition) is 1. The fourth-order valence-corrected chi connectivity index (χ4v) is 2.67. The molecular formula is C17H22N2. The highest BCUT2D eigenvalue weighted by molar-refractivity contribution is 5.28. The molecule has 1 heterocycles. The zero-order valence-electron chi connectivity index (χ0n) is 12.0. The Morgan fingerprint density at radius 1 is 0.947 bits per heavy atom. The van der Waals surface area contributed by atoms with Crippen molar-refractivity contribution in [3.63, 3.8) is 0 Å². The van der Waals surface area contributed by atoms with Gasteiger partial charge in [-0.05, 0) is 57.2 Å². The van der Waals surface area contributed by atoms with Crippen molar-refractivity contribution in [1.82, 2.24) is 4.68 Å². The quantitative estimate of drug-likeness (QED) is 0.869. The van der Waals surface area contributed by atoms with Gasteiger partial charge in [0.25, 0.3) is 0 Å². The van der Waals surface area contributed by atoms with Crippen LogP contribution in [0.5, 0.6) is 0 Å². The molecule has 1 fully saturated rings. The molecule has 0 aliphatic heterocycles. The van der Waals surface area contributed by atoms with Crippen molar-refractivity contribution in [3.8, 4) is 0 Å². The van der Waals surface area contributed by atoms with Gasteiger partial charge in [-0.2, -0.15) is 0 Å². The van der Waals surface area contributed by atoms with Crippen LogP contribution in [0.3, 0.4) is 0 Å². The van der Waals surface area contributed by atoms with Gasteiger partial charge < -0.3 is 5.43 Å². The van der Waals surface area contributed by atoms with Crippen molar-refractivity contribution >= 4 is 0 Å². The first-order chi connectivity index (χ1) is 9.15. The largest absolute Gasteiger partial charge is 0.318 e. The SMILES string of the molecule is Cc1ccc(C(Nn2c(C)ccc2C)C2CC2)cc1. The lowest BCUT2D eigenvalue weighted by molar-refractivity contribution is 0.591. The van der Waals surface area contributed by atoms with E-state index in [0.717, 1.165) is 5.92 Å². The lowest BCUT2D eigenvalue weighted by Crippen LogP contribution is -2.24. The average molecular weight is 254 g/mol. The summed E-state index contributed by atoms with van der Waals surface area (Å²) in [6, 6.07) is 13.7. The van der Waals surface area contributed by atoms with Crippen LogP contribution < -0.4 is 5.43 Å². The van der Waals surface area contributed by atoms with Gasteiger partial charge in [-0.1, -0.05) is 29.8 Å². The topological polar surface area (TPSA) is 17.0 Å². The van der Waals surface area contributed by atoms with Crippen LogP contribution in [-0.4, -0.2) is 4.68 Å². The van der Waals surface area contributed by atoms with Crippen molar-refractivity contribution in [1.29, 1.82) is 0 Å². The van der Waals surface area contributed by atoms with Gasteiger partial charge in [0.1, 0.15) is 0 Å². The van der Waals surface area contributed by atoms with Crippen LogP contribution in [0.25, 0.3) is 0 Å². The summed E-state index contributed by atoms with van der Waals surface area (Å²) < 4.78 is 2.23. The Labute approximate surface area is 115 Å². The van der Waals surface area contributed by atoms with E-state index < -0.39 is 0 Å². The minimum absolute atomic E-state index is 0.436. The molecule has 1 aliphatic rings. The molecule has 0 saturated heterocycles. The molecule has 1 unspecified atom stereocenters. The minimum atomic E-state index is 0.436. The summed E-state index contributed by atoms with van der Waals surface area (Å²) in [7, 11) is 0. The normalized spacial score (nSPS) is 16.4. The molecule has 1 atom stereocenters. The van der Waals surface area contributed by atoms with Crippen molar-refractivity contribution in [2.75, 3.05) is 5.43 Å². The Bertz CT molecular complexity index is 542. The van der Waals surface area contributed by atoms with Gasteiger partial charge in [0.2, 0.25) is 0 Å². The smallest absolute Gasteiger partial charge is 0.0701 e. The molecule has 0 amide bonds. The molecule has 1 aromatic heterocycles. The lowest BCUT2D eigenvalue weighted by atomic mass is 10.0. The van der Waals surface area contributed by atoms with Crippen LogP contribution in [0, 0.1) is 26.7 Å². The summed E-state index contributed by atoms with van der Waals surface area (Å²) >= 11 is 0. The highest BCUT2D eigenvalue weighted by atomic mass is 15.4. The van der Waals surface area contributed by atoms with E-state index in [0.29, 0.717) is 6.04 Å². The number of rotatable bonds is 4. The molecule has 1 aliphatic carbocycles. The van der Waals surface area contributed by atoms with Crippen LogP contribution in [0.2, 0.25) is 0 Å². The lowest BCUT2D eigenvalue weighted by Gasteiger charge is -2.23. The standard InChI is InChI=1S/C17H22N2/c1-12-4-8-15(9-5-12)17(16-10-11-16)18-19-13(2)6-7-14(19)3/h4-9,16-18H,10-11H2,1-3H3. The van der Waals surface area contributed by atoms with E-state index in [2.05, 4.69) is 67.3 Å². The Kier molecular flexibility index (Phi) is 3.09. The zero-order valence-corrected chi connectivity index (χ0v) is 12.0. The number of hydrogen-bond acceptors (Lipinski definition) is 1. The van der Waals surface area contributed by atoms with Crippen LogP contribution in [0.15, 0.2) is 36.4 Å². The molecule has 1 N–H and O–H groups in total. The summed E-state index contributed by atoms with van der Waals surface area (Å²) in [5.41, 5.74) is 8.99. The van der Waals surface area contributed by atoms with Crippen molar-refractivity contribution in [3.05, 3.63) is 58.9 Å². The molecule has 3 rings (SSSR count). The molecule has 1 aromatic carbocycles. The van der Waals surface area contributed by atoms with E-state index in [1.165, 1.54) is 35.4 Å². The van der Waals surface area contributed by atoms with Crippen molar-refractivity contribution in [2.24, 2.45) is 5.92 Å². The molecule has 0 spiro atoms. The van der Waals surface area contributed by atoms with Gasteiger partial charge in [-0.25, -0.2) is 0 Å². The molecule has 2 heteroatoms. The van der Waals surface area contributed by atoms with Gasteiger partial charge in [-0.3, -0.25) is 4.68 Å². The van der Waals surface area contributed by atoms with Gasteiger partial charge in [-0.15, -0.1) is 0 Å². The van der Waals surface area contributed by atoms with Gasteiger partial charge in [0.05, 0.1) is 6.04 Å². The summed E-state index contributed by atoms with van der Waals surface area (Å²) in [6.07, 6.45) is 2.68. The fourth-order valence-electron chi connectivity index (χ4n) is 2.67. The average Bonchev–Trinajstić information content (AvgIpc) is 3.18. The summed E-state index contributed by atoms with van der Waals surface area (Å²) in [5.74, 6) is 0.781. The molecular weight excluding hydrogens is 232 g/mol. The third kappa shape index (κ3) is 2.53. The second-order valence-electron chi connectivity index (χ2n) is 5.81. The van der Waals surface area contributed by atoms with E-state index >= 15 is 0 Å². The monoisotopic (exact) mass is 254 g/mol. The Morgan fingerprint density at radius 3 is 2.05 bits per heavy atom. The van der Waals surface area contributed by atoms with Crippen LogP contribution in [-0.2, 0) is 0 Å². The van der Waals surface area contributed by atoms with Gasteiger partial charge in [0.15, 0.2) is 0 Å². The van der Waals surface area contributed by atoms with Gasteiger partial charge in [0, 0.05) is 11.4 Å². The Hall–Kier alpha value is -1.70. The van der Waals surface area contributed by atoms with E-state index in [1.807, 2.05) is 0 Å². The maximum absolute atomic E-state index is 3.71. The predicted octanol–water partition coefficient (Wildman–Crippen LogP) is 4.11. The molecule has 2 nitrogen and oxygen atoms in total. The number of nitrogens with one attached hydrogen (secondary N) is 1.